The summed E-state index contributed by atoms with van der Waals surface area (Å²) in [6.07, 6.45) is 1.58. The predicted molar refractivity (Wildman–Crippen MR) is 139 cm³/mol. The van der Waals surface area contributed by atoms with Gasteiger partial charge in [-0.1, -0.05) is 53.6 Å². The van der Waals surface area contributed by atoms with Crippen molar-refractivity contribution in [3.8, 4) is 11.5 Å². The second kappa shape index (κ2) is 11.9. The van der Waals surface area contributed by atoms with Crippen LogP contribution in [-0.2, 0) is 13.2 Å². The highest BCUT2D eigenvalue weighted by Gasteiger charge is 2.05. The quantitative estimate of drug-likeness (QED) is 0.216. The zero-order valence-electron chi connectivity index (χ0n) is 19.3. The monoisotopic (exact) mass is 484 g/mol. The Hall–Kier alpha value is -4.09. The predicted octanol–water partition coefficient (Wildman–Crippen LogP) is 6.57. The Balaban J connectivity index is 1.23. The first-order valence-corrected chi connectivity index (χ1v) is 11.5. The fourth-order valence-corrected chi connectivity index (χ4v) is 3.31. The van der Waals surface area contributed by atoms with E-state index < -0.39 is 0 Å². The molecule has 0 atom stereocenters. The normalized spacial score (nSPS) is 10.8. The van der Waals surface area contributed by atoms with Gasteiger partial charge in [0, 0.05) is 10.6 Å². The van der Waals surface area contributed by atoms with E-state index in [0.717, 1.165) is 22.4 Å². The molecule has 35 heavy (non-hydrogen) atoms. The van der Waals surface area contributed by atoms with Crippen LogP contribution in [0.1, 0.15) is 32.6 Å². The van der Waals surface area contributed by atoms with Crippen LogP contribution in [0.3, 0.4) is 0 Å². The van der Waals surface area contributed by atoms with Crippen molar-refractivity contribution in [2.45, 2.75) is 20.1 Å². The molecule has 0 unspecified atom stereocenters. The molecule has 6 heteroatoms. The third-order valence-corrected chi connectivity index (χ3v) is 5.47. The van der Waals surface area contributed by atoms with Crippen LogP contribution in [0.4, 0.5) is 0 Å². The first-order valence-electron chi connectivity index (χ1n) is 11.1. The number of benzene rings is 4. The van der Waals surface area contributed by atoms with Crippen molar-refractivity contribution in [3.63, 3.8) is 0 Å². The van der Waals surface area contributed by atoms with E-state index in [-0.39, 0.29) is 5.91 Å². The lowest BCUT2D eigenvalue weighted by Crippen LogP contribution is -2.17. The summed E-state index contributed by atoms with van der Waals surface area (Å²) in [7, 11) is 0. The summed E-state index contributed by atoms with van der Waals surface area (Å²) in [5.41, 5.74) is 7.21. The molecule has 0 aliphatic rings. The molecular weight excluding hydrogens is 460 g/mol. The van der Waals surface area contributed by atoms with Gasteiger partial charge in [0.25, 0.3) is 5.91 Å². The Labute approximate surface area is 210 Å². The Morgan fingerprint density at radius 1 is 0.771 bits per heavy atom. The van der Waals surface area contributed by atoms with Gasteiger partial charge in [0.1, 0.15) is 24.7 Å². The van der Waals surface area contributed by atoms with Crippen molar-refractivity contribution in [2.24, 2.45) is 5.10 Å². The Kier molecular flexibility index (Phi) is 8.15. The summed E-state index contributed by atoms with van der Waals surface area (Å²) < 4.78 is 11.6. The lowest BCUT2D eigenvalue weighted by Gasteiger charge is -2.07. The highest BCUT2D eigenvalue weighted by Crippen LogP contribution is 2.16. The molecule has 4 aromatic carbocycles. The molecular formula is C29H25ClN2O3. The summed E-state index contributed by atoms with van der Waals surface area (Å²) in [5.74, 6) is 1.14. The van der Waals surface area contributed by atoms with Crippen molar-refractivity contribution < 1.29 is 14.3 Å². The van der Waals surface area contributed by atoms with E-state index in [1.54, 1.807) is 30.5 Å². The number of rotatable bonds is 9. The minimum Gasteiger partial charge on any atom is -0.489 e. The number of carbonyl (C=O) groups is 1. The van der Waals surface area contributed by atoms with Gasteiger partial charge in [-0.15, -0.1) is 0 Å². The van der Waals surface area contributed by atoms with E-state index in [9.17, 15) is 4.79 Å². The number of ether oxygens (including phenoxy) is 2. The molecule has 0 heterocycles. The SMILES string of the molecule is Cc1ccc(COc2ccc(C(=O)N/N=C/c3ccc(OCc4ccc(Cl)cc4)cc3)cc2)cc1. The number of aryl methyl sites for hydroxylation is 1. The maximum atomic E-state index is 12.4. The molecule has 0 aliphatic heterocycles. The van der Waals surface area contributed by atoms with Gasteiger partial charge in [0.2, 0.25) is 0 Å². The highest BCUT2D eigenvalue weighted by atomic mass is 35.5. The lowest BCUT2D eigenvalue weighted by molar-refractivity contribution is 0.0955. The molecule has 0 spiro atoms. The molecule has 0 aromatic heterocycles. The lowest BCUT2D eigenvalue weighted by atomic mass is 10.2. The van der Waals surface area contributed by atoms with Gasteiger partial charge in [0.15, 0.2) is 0 Å². The minimum absolute atomic E-state index is 0.297. The number of nitrogens with one attached hydrogen (secondary N) is 1. The first kappa shape index (κ1) is 24.0. The third-order valence-electron chi connectivity index (χ3n) is 5.22. The molecule has 4 rings (SSSR count). The molecule has 5 nitrogen and oxygen atoms in total. The van der Waals surface area contributed by atoms with Crippen molar-refractivity contribution in [1.82, 2.24) is 5.43 Å². The Morgan fingerprint density at radius 3 is 1.86 bits per heavy atom. The van der Waals surface area contributed by atoms with Crippen molar-refractivity contribution in [1.29, 1.82) is 0 Å². The van der Waals surface area contributed by atoms with E-state index in [4.69, 9.17) is 21.1 Å². The van der Waals surface area contributed by atoms with E-state index in [1.165, 1.54) is 5.56 Å². The minimum atomic E-state index is -0.297. The van der Waals surface area contributed by atoms with Crippen molar-refractivity contribution in [3.05, 3.63) is 130 Å². The van der Waals surface area contributed by atoms with E-state index in [2.05, 4.69) is 29.6 Å². The van der Waals surface area contributed by atoms with Gasteiger partial charge in [0.05, 0.1) is 6.21 Å². The number of hydrazone groups is 1. The topological polar surface area (TPSA) is 59.9 Å². The fourth-order valence-electron chi connectivity index (χ4n) is 3.18. The van der Waals surface area contributed by atoms with Gasteiger partial charge in [-0.3, -0.25) is 4.79 Å². The number of halogens is 1. The third kappa shape index (κ3) is 7.45. The van der Waals surface area contributed by atoms with Crippen LogP contribution in [0.2, 0.25) is 5.02 Å². The molecule has 0 bridgehead atoms. The number of carbonyl (C=O) groups excluding carboxylic acids is 1. The smallest absolute Gasteiger partial charge is 0.271 e. The second-order valence-electron chi connectivity index (χ2n) is 7.98. The van der Waals surface area contributed by atoms with Crippen molar-refractivity contribution >= 4 is 23.7 Å². The summed E-state index contributed by atoms with van der Waals surface area (Å²) in [4.78, 5) is 12.4. The van der Waals surface area contributed by atoms with Crippen LogP contribution in [-0.4, -0.2) is 12.1 Å². The highest BCUT2D eigenvalue weighted by molar-refractivity contribution is 6.30. The summed E-state index contributed by atoms with van der Waals surface area (Å²) >= 11 is 5.90. The molecule has 0 fully saturated rings. The van der Waals surface area contributed by atoms with Crippen molar-refractivity contribution in [2.75, 3.05) is 0 Å². The van der Waals surface area contributed by atoms with Gasteiger partial charge in [-0.2, -0.15) is 5.10 Å². The molecule has 4 aromatic rings. The molecule has 0 saturated carbocycles. The van der Waals surface area contributed by atoms with Gasteiger partial charge in [-0.25, -0.2) is 5.43 Å². The van der Waals surface area contributed by atoms with Gasteiger partial charge in [-0.05, 0) is 84.3 Å². The summed E-state index contributed by atoms with van der Waals surface area (Å²) in [5, 5.41) is 4.74. The standard InChI is InChI=1S/C29H25ClN2O3/c1-21-2-4-23(5-3-21)19-35-28-16-10-25(11-17-28)29(33)32-31-18-22-8-14-27(15-9-22)34-20-24-6-12-26(30)13-7-24/h2-18H,19-20H2,1H3,(H,32,33)/b31-18+. The fraction of sp³-hybridized carbons (Fsp3) is 0.103. The van der Waals surface area contributed by atoms with Crippen LogP contribution < -0.4 is 14.9 Å². The van der Waals surface area contributed by atoms with E-state index >= 15 is 0 Å². The largest absolute Gasteiger partial charge is 0.489 e. The Morgan fingerprint density at radius 2 is 1.29 bits per heavy atom. The average molecular weight is 485 g/mol. The second-order valence-corrected chi connectivity index (χ2v) is 8.42. The summed E-state index contributed by atoms with van der Waals surface area (Å²) in [6.45, 7) is 2.98. The molecule has 0 saturated heterocycles. The Bertz CT molecular complexity index is 1270. The molecule has 0 aliphatic carbocycles. The van der Waals surface area contributed by atoms with Crippen LogP contribution in [0.5, 0.6) is 11.5 Å². The molecule has 1 N–H and O–H groups in total. The van der Waals surface area contributed by atoms with E-state index in [0.29, 0.717) is 29.5 Å². The number of hydrogen-bond acceptors (Lipinski definition) is 4. The molecule has 176 valence electrons. The average Bonchev–Trinajstić information content (AvgIpc) is 2.89. The number of nitrogens with zero attached hydrogens (tertiary/aromatic N) is 1. The molecule has 1 amide bonds. The zero-order chi connectivity index (χ0) is 24.5. The van der Waals surface area contributed by atoms with Crippen LogP contribution in [0, 0.1) is 6.92 Å². The first-order chi connectivity index (χ1) is 17.0. The van der Waals surface area contributed by atoms with Crippen LogP contribution in [0.15, 0.2) is 102 Å². The van der Waals surface area contributed by atoms with Gasteiger partial charge < -0.3 is 9.47 Å². The van der Waals surface area contributed by atoms with E-state index in [1.807, 2.05) is 60.7 Å². The number of hydrogen-bond donors (Lipinski definition) is 1. The van der Waals surface area contributed by atoms with Crippen LogP contribution in [0.25, 0.3) is 0 Å². The van der Waals surface area contributed by atoms with Gasteiger partial charge >= 0.3 is 0 Å². The maximum Gasteiger partial charge on any atom is 0.271 e. The van der Waals surface area contributed by atoms with Crippen LogP contribution >= 0.6 is 11.6 Å². The molecule has 0 radical (unpaired) electrons. The zero-order valence-corrected chi connectivity index (χ0v) is 20.0. The maximum absolute atomic E-state index is 12.4. The number of amides is 1. The summed E-state index contributed by atoms with van der Waals surface area (Å²) in [6, 6.07) is 30.1.